The van der Waals surface area contributed by atoms with Crippen LogP contribution in [0.1, 0.15) is 75.2 Å². The predicted molar refractivity (Wildman–Crippen MR) is 190 cm³/mol. The van der Waals surface area contributed by atoms with Gasteiger partial charge in [-0.3, -0.25) is 24.6 Å². The summed E-state index contributed by atoms with van der Waals surface area (Å²) in [5.41, 5.74) is 2.25. The molecule has 4 amide bonds. The minimum absolute atomic E-state index is 0.0201. The molecule has 274 valence electrons. The second-order valence-corrected chi connectivity index (χ2v) is 12.4. The van der Waals surface area contributed by atoms with Gasteiger partial charge in [0.1, 0.15) is 6.04 Å². The lowest BCUT2D eigenvalue weighted by atomic mass is 9.94. The van der Waals surface area contributed by atoms with E-state index < -0.39 is 29.0 Å². The number of nitrogens with zero attached hydrogens (tertiary/aromatic N) is 3. The summed E-state index contributed by atoms with van der Waals surface area (Å²) in [5.74, 6) is -0.248. The molecule has 2 heterocycles. The van der Waals surface area contributed by atoms with Crippen LogP contribution in [0.3, 0.4) is 0 Å². The average Bonchev–Trinajstić information content (AvgIpc) is 3.61. The van der Waals surface area contributed by atoms with E-state index in [0.29, 0.717) is 34.9 Å². The van der Waals surface area contributed by atoms with E-state index in [-0.39, 0.29) is 62.4 Å². The Labute approximate surface area is 301 Å². The maximum atomic E-state index is 14.2. The van der Waals surface area contributed by atoms with Gasteiger partial charge in [-0.2, -0.15) is 0 Å². The summed E-state index contributed by atoms with van der Waals surface area (Å²) in [5, 5.41) is 17.0. The number of hydrogen-bond donors (Lipinski definition) is 2. The molecule has 3 aromatic carbocycles. The lowest BCUT2D eigenvalue weighted by molar-refractivity contribution is -0.384. The molecule has 0 saturated carbocycles. The van der Waals surface area contributed by atoms with Gasteiger partial charge in [-0.1, -0.05) is 49.7 Å². The molecule has 0 radical (unpaired) electrons. The molecule has 3 aromatic rings. The fourth-order valence-corrected chi connectivity index (χ4v) is 6.24. The number of hydrogen-bond acceptors (Lipinski definition) is 9. The number of urea groups is 1. The van der Waals surface area contributed by atoms with Crippen LogP contribution in [-0.4, -0.2) is 65.0 Å². The predicted octanol–water partition coefficient (Wildman–Crippen LogP) is 5.69. The molecule has 0 saturated heterocycles. The van der Waals surface area contributed by atoms with Crippen molar-refractivity contribution in [3.8, 4) is 11.5 Å². The number of carbonyl (C=O) groups is 4. The summed E-state index contributed by atoms with van der Waals surface area (Å²) in [7, 11) is 0. The maximum Gasteiger partial charge on any atom is 0.338 e. The SMILES string of the molecule is CCCCNC(=O)C(c1ccc2c(c1)OCO2)N(Cc1ccccc1)C(=O)CCCN1C(=O)NC(c2ccc([N+](=O)[O-])cc2)C(C(=O)OCC)=C1C. The summed E-state index contributed by atoms with van der Waals surface area (Å²) in [6.45, 7) is 6.15. The molecule has 2 unspecified atom stereocenters. The molecule has 0 fully saturated rings. The highest BCUT2D eigenvalue weighted by molar-refractivity contribution is 5.95. The van der Waals surface area contributed by atoms with Crippen LogP contribution in [0.25, 0.3) is 0 Å². The summed E-state index contributed by atoms with van der Waals surface area (Å²) in [6.07, 6.45) is 1.84. The van der Waals surface area contributed by atoms with Gasteiger partial charge in [-0.25, -0.2) is 9.59 Å². The van der Waals surface area contributed by atoms with E-state index in [4.69, 9.17) is 14.2 Å². The summed E-state index contributed by atoms with van der Waals surface area (Å²) in [6, 6.07) is 17.8. The third-order valence-corrected chi connectivity index (χ3v) is 8.92. The highest BCUT2D eigenvalue weighted by Crippen LogP contribution is 2.37. The minimum Gasteiger partial charge on any atom is -0.463 e. The van der Waals surface area contributed by atoms with Crippen molar-refractivity contribution in [2.75, 3.05) is 26.5 Å². The number of allylic oxidation sites excluding steroid dienone is 1. The number of non-ortho nitro benzene ring substituents is 1. The Balaban J connectivity index is 1.40. The molecular weight excluding hydrogens is 670 g/mol. The largest absolute Gasteiger partial charge is 0.463 e. The van der Waals surface area contributed by atoms with Crippen molar-refractivity contribution >= 4 is 29.5 Å². The van der Waals surface area contributed by atoms with E-state index >= 15 is 0 Å². The topological polar surface area (TPSA) is 170 Å². The van der Waals surface area contributed by atoms with E-state index in [0.717, 1.165) is 18.4 Å². The number of rotatable bonds is 16. The zero-order chi connectivity index (χ0) is 37.2. The lowest BCUT2D eigenvalue weighted by Gasteiger charge is -2.36. The quantitative estimate of drug-likeness (QED) is 0.0819. The van der Waals surface area contributed by atoms with E-state index in [2.05, 4.69) is 10.6 Å². The first-order valence-corrected chi connectivity index (χ1v) is 17.3. The Morgan fingerprint density at radius 3 is 2.46 bits per heavy atom. The number of benzene rings is 3. The highest BCUT2D eigenvalue weighted by Gasteiger charge is 2.37. The number of esters is 1. The molecule has 14 heteroatoms. The second-order valence-electron chi connectivity index (χ2n) is 12.4. The first-order valence-electron chi connectivity index (χ1n) is 17.3. The number of nitrogens with one attached hydrogen (secondary N) is 2. The Morgan fingerprint density at radius 1 is 1.04 bits per heavy atom. The van der Waals surface area contributed by atoms with E-state index in [1.807, 2.05) is 37.3 Å². The van der Waals surface area contributed by atoms with Gasteiger partial charge in [-0.15, -0.1) is 0 Å². The smallest absolute Gasteiger partial charge is 0.338 e. The summed E-state index contributed by atoms with van der Waals surface area (Å²) in [4.78, 5) is 68.4. The second kappa shape index (κ2) is 17.3. The van der Waals surface area contributed by atoms with Crippen LogP contribution in [0.2, 0.25) is 0 Å². The monoisotopic (exact) mass is 713 g/mol. The first kappa shape index (κ1) is 37.3. The van der Waals surface area contributed by atoms with Crippen LogP contribution in [0.4, 0.5) is 10.5 Å². The van der Waals surface area contributed by atoms with Crippen molar-refractivity contribution in [1.29, 1.82) is 0 Å². The summed E-state index contributed by atoms with van der Waals surface area (Å²) >= 11 is 0. The van der Waals surface area contributed by atoms with Gasteiger partial charge < -0.3 is 29.7 Å². The normalized spacial score (nSPS) is 15.5. The Morgan fingerprint density at radius 2 is 1.77 bits per heavy atom. The number of carbonyl (C=O) groups excluding carboxylic acids is 4. The molecule has 2 atom stereocenters. The van der Waals surface area contributed by atoms with E-state index in [1.54, 1.807) is 36.9 Å². The van der Waals surface area contributed by atoms with Crippen LogP contribution >= 0.6 is 0 Å². The van der Waals surface area contributed by atoms with Crippen LogP contribution in [-0.2, 0) is 25.7 Å². The van der Waals surface area contributed by atoms with Gasteiger partial charge in [-0.05, 0) is 67.6 Å². The van der Waals surface area contributed by atoms with Crippen molar-refractivity contribution in [2.45, 2.75) is 65.1 Å². The number of fused-ring (bicyclic) bond motifs is 1. The third-order valence-electron chi connectivity index (χ3n) is 8.92. The van der Waals surface area contributed by atoms with E-state index in [9.17, 15) is 29.3 Å². The molecule has 0 aromatic heterocycles. The van der Waals surface area contributed by atoms with Crippen molar-refractivity contribution in [3.63, 3.8) is 0 Å². The number of amides is 4. The molecule has 2 aliphatic heterocycles. The van der Waals surface area contributed by atoms with Crippen LogP contribution < -0.4 is 20.1 Å². The molecule has 2 N–H and O–H groups in total. The number of nitro benzene ring substituents is 1. The van der Waals surface area contributed by atoms with Gasteiger partial charge >= 0.3 is 12.0 Å². The number of unbranched alkanes of at least 4 members (excludes halogenated alkanes) is 1. The maximum absolute atomic E-state index is 14.2. The standard InChI is InChI=1S/C38H43N5O9/c1-4-6-20-39-36(45)35(28-16-19-30-31(22-28)52-24-51-30)42(23-26-11-8-7-9-12-26)32(44)13-10-21-41-25(3)33(37(46)50-5-2)34(40-38(41)47)27-14-17-29(18-15-27)43(48)49/h7-9,11-12,14-19,22,34-35H,4-6,10,13,20-21,23-24H2,1-3H3,(H,39,45)(H,40,47). The van der Waals surface area contributed by atoms with Gasteiger partial charge in [0.05, 0.1) is 23.1 Å². The third kappa shape index (κ3) is 8.68. The van der Waals surface area contributed by atoms with Gasteiger partial charge in [0.2, 0.25) is 18.6 Å². The first-order chi connectivity index (χ1) is 25.1. The fourth-order valence-electron chi connectivity index (χ4n) is 6.24. The zero-order valence-corrected chi connectivity index (χ0v) is 29.5. The zero-order valence-electron chi connectivity index (χ0n) is 29.5. The van der Waals surface area contributed by atoms with Gasteiger partial charge in [0.25, 0.3) is 5.69 Å². The molecular formula is C38H43N5O9. The van der Waals surface area contributed by atoms with Crippen molar-refractivity contribution in [1.82, 2.24) is 20.4 Å². The fraction of sp³-hybridized carbons (Fsp3) is 0.368. The van der Waals surface area contributed by atoms with Gasteiger partial charge in [0.15, 0.2) is 11.5 Å². The van der Waals surface area contributed by atoms with Gasteiger partial charge in [0, 0.05) is 43.9 Å². The number of ether oxygens (including phenoxy) is 3. The highest BCUT2D eigenvalue weighted by atomic mass is 16.7. The minimum atomic E-state index is -0.989. The van der Waals surface area contributed by atoms with Crippen molar-refractivity contribution < 1.29 is 38.3 Å². The molecule has 2 aliphatic rings. The molecule has 5 rings (SSSR count). The molecule has 0 aliphatic carbocycles. The average molecular weight is 714 g/mol. The Hall–Kier alpha value is -5.92. The molecule has 0 spiro atoms. The summed E-state index contributed by atoms with van der Waals surface area (Å²) < 4.78 is 16.4. The van der Waals surface area contributed by atoms with Crippen LogP contribution in [0.5, 0.6) is 11.5 Å². The van der Waals surface area contributed by atoms with Crippen LogP contribution in [0, 0.1) is 10.1 Å². The van der Waals surface area contributed by atoms with Crippen molar-refractivity contribution in [3.05, 3.63) is 111 Å². The van der Waals surface area contributed by atoms with E-state index in [1.165, 1.54) is 29.2 Å². The Kier molecular flexibility index (Phi) is 12.4. The molecule has 0 bridgehead atoms. The molecule has 52 heavy (non-hydrogen) atoms. The Bertz CT molecular complexity index is 1810. The van der Waals surface area contributed by atoms with Crippen LogP contribution in [0.15, 0.2) is 84.1 Å². The van der Waals surface area contributed by atoms with Crippen molar-refractivity contribution in [2.24, 2.45) is 0 Å². The lowest BCUT2D eigenvalue weighted by Crippen LogP contribution is -2.48. The number of nitro groups is 1. The molecule has 14 nitrogen and oxygen atoms in total.